The summed E-state index contributed by atoms with van der Waals surface area (Å²) in [5.41, 5.74) is 0. The molecule has 0 aromatic heterocycles. The number of rotatable bonds is 13. The first kappa shape index (κ1) is 33.8. The molecule has 0 unspecified atom stereocenters. The van der Waals surface area contributed by atoms with Gasteiger partial charge in [-0.3, -0.25) is 14.4 Å². The van der Waals surface area contributed by atoms with Gasteiger partial charge in [0.2, 0.25) is 17.7 Å². The molecule has 1 aliphatic rings. The highest BCUT2D eigenvalue weighted by Crippen LogP contribution is 2.24. The van der Waals surface area contributed by atoms with Gasteiger partial charge in [-0.25, -0.2) is 4.79 Å². The molecular formula is C28H51N3O7. The fourth-order valence-corrected chi connectivity index (χ4v) is 4.75. The maximum atomic E-state index is 13.3. The van der Waals surface area contributed by atoms with Gasteiger partial charge in [0.15, 0.2) is 6.04 Å². The van der Waals surface area contributed by atoms with Crippen LogP contribution in [0.4, 0.5) is 0 Å². The number of amides is 3. The van der Waals surface area contributed by atoms with Crippen molar-refractivity contribution in [2.24, 2.45) is 17.8 Å². The van der Waals surface area contributed by atoms with Crippen LogP contribution in [-0.4, -0.2) is 70.8 Å². The van der Waals surface area contributed by atoms with Crippen LogP contribution in [0.2, 0.25) is 0 Å². The average molecular weight is 542 g/mol. The summed E-state index contributed by atoms with van der Waals surface area (Å²) in [7, 11) is 0. The molecule has 1 rings (SSSR count). The molecule has 0 radical (unpaired) electrons. The van der Waals surface area contributed by atoms with Crippen molar-refractivity contribution in [3.05, 3.63) is 0 Å². The van der Waals surface area contributed by atoms with E-state index in [1.165, 1.54) is 39.0 Å². The van der Waals surface area contributed by atoms with Crippen molar-refractivity contribution in [1.82, 2.24) is 16.0 Å². The number of carbonyl (C=O) groups is 4. The second-order valence-corrected chi connectivity index (χ2v) is 11.1. The lowest BCUT2D eigenvalue weighted by Crippen LogP contribution is -2.60. The molecule has 0 saturated carbocycles. The van der Waals surface area contributed by atoms with Gasteiger partial charge in [-0.2, -0.15) is 0 Å². The van der Waals surface area contributed by atoms with Gasteiger partial charge in [-0.1, -0.05) is 86.0 Å². The lowest BCUT2D eigenvalue weighted by atomic mass is 9.88. The Morgan fingerprint density at radius 3 is 1.84 bits per heavy atom. The van der Waals surface area contributed by atoms with Gasteiger partial charge in [0.25, 0.3) is 0 Å². The molecule has 0 spiro atoms. The average Bonchev–Trinajstić information content (AvgIpc) is 2.87. The van der Waals surface area contributed by atoms with Crippen molar-refractivity contribution >= 4 is 23.7 Å². The molecule has 10 nitrogen and oxygen atoms in total. The van der Waals surface area contributed by atoms with Gasteiger partial charge in [0, 0.05) is 0 Å². The van der Waals surface area contributed by atoms with Gasteiger partial charge in [0.05, 0.1) is 18.6 Å². The molecule has 7 atom stereocenters. The number of nitrogens with one attached hydrogen (secondary N) is 3. The number of esters is 1. The molecule has 10 heteroatoms. The molecule has 0 bridgehead atoms. The second kappa shape index (κ2) is 17.4. The Bertz CT molecular complexity index is 759. The van der Waals surface area contributed by atoms with Gasteiger partial charge < -0.3 is 30.9 Å². The first-order chi connectivity index (χ1) is 17.9. The number of cyclic esters (lactones) is 1. The number of hydrogen-bond donors (Lipinski definition) is 5. The van der Waals surface area contributed by atoms with Gasteiger partial charge in [-0.15, -0.1) is 0 Å². The highest BCUT2D eigenvalue weighted by molar-refractivity contribution is 5.94. The molecule has 0 aliphatic carbocycles. The molecule has 5 N–H and O–H groups in total. The van der Waals surface area contributed by atoms with Gasteiger partial charge in [0.1, 0.15) is 18.2 Å². The maximum absolute atomic E-state index is 13.3. The fourth-order valence-electron chi connectivity index (χ4n) is 4.75. The Kier molecular flexibility index (Phi) is 15.5. The van der Waals surface area contributed by atoms with E-state index in [9.17, 15) is 29.4 Å². The van der Waals surface area contributed by atoms with E-state index in [0.29, 0.717) is 0 Å². The SMILES string of the molecule is CCCCCCCCCC[C@H](C)[C@H]1OC(=O)[C@@H](CO)NC(=O)[C@@H]([C@@H](C)O)NC(=O)[C@@H](C(C)C)NC(=O)[C@H]1C. The summed E-state index contributed by atoms with van der Waals surface area (Å²) in [4.78, 5) is 52.1. The molecule has 1 heterocycles. The number of hydrogen-bond acceptors (Lipinski definition) is 7. The van der Waals surface area contributed by atoms with Crippen molar-refractivity contribution in [1.29, 1.82) is 0 Å². The smallest absolute Gasteiger partial charge is 0.331 e. The van der Waals surface area contributed by atoms with Crippen LogP contribution in [0, 0.1) is 17.8 Å². The third kappa shape index (κ3) is 10.9. The maximum Gasteiger partial charge on any atom is 0.331 e. The largest absolute Gasteiger partial charge is 0.460 e. The van der Waals surface area contributed by atoms with E-state index in [1.54, 1.807) is 20.8 Å². The molecular weight excluding hydrogens is 490 g/mol. The predicted molar refractivity (Wildman–Crippen MR) is 145 cm³/mol. The lowest BCUT2D eigenvalue weighted by molar-refractivity contribution is -0.162. The molecule has 3 amide bonds. The summed E-state index contributed by atoms with van der Waals surface area (Å²) >= 11 is 0. The minimum absolute atomic E-state index is 0.170. The minimum Gasteiger partial charge on any atom is -0.460 e. The van der Waals surface area contributed by atoms with Crippen molar-refractivity contribution in [3.63, 3.8) is 0 Å². The van der Waals surface area contributed by atoms with Crippen molar-refractivity contribution in [2.45, 2.75) is 130 Å². The first-order valence-corrected chi connectivity index (χ1v) is 14.3. The quantitative estimate of drug-likeness (QED) is 0.177. The third-order valence-corrected chi connectivity index (χ3v) is 7.33. The van der Waals surface area contributed by atoms with Crippen LogP contribution < -0.4 is 16.0 Å². The first-order valence-electron chi connectivity index (χ1n) is 14.3. The molecule has 1 aliphatic heterocycles. The number of carbonyl (C=O) groups excluding carboxylic acids is 4. The summed E-state index contributed by atoms with van der Waals surface area (Å²) in [6.07, 6.45) is 7.88. The molecule has 220 valence electrons. The Hall–Kier alpha value is -2.20. The summed E-state index contributed by atoms with van der Waals surface area (Å²) in [6.45, 7) is 9.87. The van der Waals surface area contributed by atoms with Gasteiger partial charge >= 0.3 is 5.97 Å². The van der Waals surface area contributed by atoms with E-state index in [-0.39, 0.29) is 11.8 Å². The van der Waals surface area contributed by atoms with Crippen molar-refractivity contribution in [3.8, 4) is 0 Å². The predicted octanol–water partition coefficient (Wildman–Crippen LogP) is 2.20. The normalized spacial score (nSPS) is 27.2. The van der Waals surface area contributed by atoms with E-state index in [2.05, 4.69) is 22.9 Å². The standard InChI is InChI=1S/C28H51N3O7/c1-7-8-9-10-11-12-13-14-15-18(4)24-19(5)25(34)30-22(17(2)3)26(35)31-23(20(6)33)27(36)29-21(16-32)28(37)38-24/h17-24,32-33H,7-16H2,1-6H3,(H,29,36)(H,30,34)(H,31,35)/t18-,19-,20+,21+,22+,23+,24+/m0/s1. The number of ether oxygens (including phenoxy) is 1. The Labute approximate surface area is 228 Å². The van der Waals surface area contributed by atoms with Gasteiger partial charge in [-0.05, 0) is 25.2 Å². The van der Waals surface area contributed by atoms with Crippen LogP contribution in [0.15, 0.2) is 0 Å². The lowest BCUT2D eigenvalue weighted by Gasteiger charge is -2.31. The number of aliphatic hydroxyl groups is 2. The zero-order valence-corrected chi connectivity index (χ0v) is 24.1. The molecule has 0 aromatic carbocycles. The summed E-state index contributed by atoms with van der Waals surface area (Å²) in [5, 5.41) is 27.5. The van der Waals surface area contributed by atoms with Crippen molar-refractivity contribution in [2.75, 3.05) is 6.61 Å². The van der Waals surface area contributed by atoms with E-state index >= 15 is 0 Å². The summed E-state index contributed by atoms with van der Waals surface area (Å²) < 4.78 is 5.76. The zero-order chi connectivity index (χ0) is 28.8. The molecule has 1 saturated heterocycles. The van der Waals surface area contributed by atoms with Crippen LogP contribution >= 0.6 is 0 Å². The second-order valence-electron chi connectivity index (χ2n) is 11.1. The topological polar surface area (TPSA) is 154 Å². The highest BCUT2D eigenvalue weighted by Gasteiger charge is 2.39. The Balaban J connectivity index is 3.10. The Morgan fingerprint density at radius 1 is 0.789 bits per heavy atom. The number of unbranched alkanes of at least 4 members (excludes halogenated alkanes) is 7. The minimum atomic E-state index is -1.41. The fraction of sp³-hybridized carbons (Fsp3) is 0.857. The van der Waals surface area contributed by atoms with E-state index in [1.807, 2.05) is 6.92 Å². The van der Waals surface area contributed by atoms with E-state index < -0.39 is 66.5 Å². The van der Waals surface area contributed by atoms with Crippen molar-refractivity contribution < 1.29 is 34.1 Å². The van der Waals surface area contributed by atoms with Crippen LogP contribution in [0.1, 0.15) is 99.3 Å². The third-order valence-electron chi connectivity index (χ3n) is 7.33. The zero-order valence-electron chi connectivity index (χ0n) is 24.1. The molecule has 38 heavy (non-hydrogen) atoms. The highest BCUT2D eigenvalue weighted by atomic mass is 16.5. The monoisotopic (exact) mass is 541 g/mol. The number of aliphatic hydroxyl groups excluding tert-OH is 2. The van der Waals surface area contributed by atoms with Crippen LogP contribution in [-0.2, 0) is 23.9 Å². The van der Waals surface area contributed by atoms with E-state index in [0.717, 1.165) is 25.7 Å². The van der Waals surface area contributed by atoms with Crippen LogP contribution in [0.5, 0.6) is 0 Å². The van der Waals surface area contributed by atoms with Crippen LogP contribution in [0.25, 0.3) is 0 Å². The molecule has 1 fully saturated rings. The van der Waals surface area contributed by atoms with Crippen LogP contribution in [0.3, 0.4) is 0 Å². The summed E-state index contributed by atoms with van der Waals surface area (Å²) in [6, 6.07) is -3.76. The van der Waals surface area contributed by atoms with E-state index in [4.69, 9.17) is 4.74 Å². The summed E-state index contributed by atoms with van der Waals surface area (Å²) in [5.74, 6) is -4.05. The molecule has 0 aromatic rings. The Morgan fingerprint density at radius 2 is 1.32 bits per heavy atom.